The first kappa shape index (κ1) is 16.7. The van der Waals surface area contributed by atoms with Crippen molar-refractivity contribution in [1.82, 2.24) is 3.97 Å². The summed E-state index contributed by atoms with van der Waals surface area (Å²) in [5, 5.41) is 1.17. The highest BCUT2D eigenvalue weighted by Gasteiger charge is 2.23. The average Bonchev–Trinajstić information content (AvgIpc) is 2.84. The molecule has 0 radical (unpaired) electrons. The lowest BCUT2D eigenvalue weighted by molar-refractivity contribution is -0.116. The summed E-state index contributed by atoms with van der Waals surface area (Å²) < 4.78 is 27.5. The molecule has 0 aliphatic heterocycles. The van der Waals surface area contributed by atoms with Gasteiger partial charge in [0.2, 0.25) is 0 Å². The minimum atomic E-state index is -3.83. The molecule has 3 aromatic rings. The van der Waals surface area contributed by atoms with Crippen LogP contribution in [0.2, 0.25) is 5.02 Å². The fourth-order valence-corrected chi connectivity index (χ4v) is 4.39. The number of carbonyl (C=O) groups excluding carboxylic acids is 1. The van der Waals surface area contributed by atoms with Gasteiger partial charge in [0.05, 0.1) is 10.4 Å². The van der Waals surface area contributed by atoms with Crippen molar-refractivity contribution >= 4 is 38.3 Å². The lowest BCUT2D eigenvalue weighted by Gasteiger charge is -2.12. The van der Waals surface area contributed by atoms with Crippen LogP contribution >= 0.6 is 11.6 Å². The van der Waals surface area contributed by atoms with E-state index in [1.807, 2.05) is 6.92 Å². The van der Waals surface area contributed by atoms with E-state index >= 15 is 0 Å². The molecule has 0 N–H and O–H groups in total. The number of ketones is 1. The number of nitrogens with zero attached hydrogens (tertiary/aromatic N) is 1. The summed E-state index contributed by atoms with van der Waals surface area (Å²) in [6.45, 7) is 3.33. The van der Waals surface area contributed by atoms with Crippen molar-refractivity contribution in [3.8, 4) is 0 Å². The van der Waals surface area contributed by atoms with E-state index < -0.39 is 10.0 Å². The molecule has 0 fully saturated rings. The molecule has 0 aliphatic rings. The summed E-state index contributed by atoms with van der Waals surface area (Å²) in [5.74, 6) is -0.107. The minimum absolute atomic E-state index is 0.0391. The number of halogens is 1. The van der Waals surface area contributed by atoms with Crippen molar-refractivity contribution in [2.75, 3.05) is 0 Å². The number of aryl methyl sites for hydroxylation is 1. The van der Waals surface area contributed by atoms with E-state index in [1.165, 1.54) is 10.9 Å². The summed E-state index contributed by atoms with van der Waals surface area (Å²) in [5.41, 5.74) is 1.87. The predicted molar refractivity (Wildman–Crippen MR) is 95.1 cm³/mol. The summed E-state index contributed by atoms with van der Waals surface area (Å²) in [6, 6.07) is 13.4. The number of Topliss-reactive ketones (excluding diaryl/α,β-unsaturated/α-hetero) is 1. The average molecular weight is 362 g/mol. The fourth-order valence-electron chi connectivity index (χ4n) is 2.68. The Hall–Kier alpha value is -2.11. The fraction of sp³-hybridized carbons (Fsp3) is 0.167. The van der Waals surface area contributed by atoms with Crippen molar-refractivity contribution in [3.63, 3.8) is 0 Å². The number of hydrogen-bond acceptors (Lipinski definition) is 3. The highest BCUT2D eigenvalue weighted by molar-refractivity contribution is 7.90. The number of carbonyl (C=O) groups is 1. The van der Waals surface area contributed by atoms with E-state index in [1.54, 1.807) is 48.5 Å². The van der Waals surface area contributed by atoms with Gasteiger partial charge in [0.1, 0.15) is 5.78 Å². The number of rotatable bonds is 4. The second-order valence-corrected chi connectivity index (χ2v) is 8.02. The van der Waals surface area contributed by atoms with Gasteiger partial charge in [-0.3, -0.25) is 4.79 Å². The lowest BCUT2D eigenvalue weighted by Crippen LogP contribution is -2.17. The van der Waals surface area contributed by atoms with Crippen molar-refractivity contribution < 1.29 is 13.2 Å². The summed E-state index contributed by atoms with van der Waals surface area (Å²) in [7, 11) is -3.83. The molecule has 3 rings (SSSR count). The molecule has 124 valence electrons. The van der Waals surface area contributed by atoms with Crippen LogP contribution in [0.4, 0.5) is 0 Å². The van der Waals surface area contributed by atoms with Gasteiger partial charge >= 0.3 is 0 Å². The minimum Gasteiger partial charge on any atom is -0.300 e. The highest BCUT2D eigenvalue weighted by atomic mass is 35.5. The van der Waals surface area contributed by atoms with E-state index in [4.69, 9.17) is 11.6 Å². The van der Waals surface area contributed by atoms with Gasteiger partial charge in [-0.05, 0) is 44.2 Å². The van der Waals surface area contributed by atoms with Crippen LogP contribution in [0.5, 0.6) is 0 Å². The maximum absolute atomic E-state index is 13.1. The Morgan fingerprint density at radius 1 is 1.08 bits per heavy atom. The summed E-state index contributed by atoms with van der Waals surface area (Å²) in [4.78, 5) is 11.8. The largest absolute Gasteiger partial charge is 0.300 e. The number of aromatic nitrogens is 1. The molecule has 2 aromatic carbocycles. The molecular weight excluding hydrogens is 346 g/mol. The molecule has 0 spiro atoms. The zero-order valence-corrected chi connectivity index (χ0v) is 14.9. The third-order valence-corrected chi connectivity index (χ3v) is 5.80. The Morgan fingerprint density at radius 3 is 2.38 bits per heavy atom. The van der Waals surface area contributed by atoms with E-state index in [0.717, 1.165) is 10.9 Å². The van der Waals surface area contributed by atoms with Crippen molar-refractivity contribution in [2.45, 2.75) is 25.2 Å². The van der Waals surface area contributed by atoms with Crippen LogP contribution in [-0.2, 0) is 21.2 Å². The molecule has 0 bridgehead atoms. The number of hydrogen-bond donors (Lipinski definition) is 0. The Balaban J connectivity index is 2.31. The predicted octanol–water partition coefficient (Wildman–Crippen LogP) is 3.97. The van der Waals surface area contributed by atoms with Crippen LogP contribution in [0.3, 0.4) is 0 Å². The number of fused-ring (bicyclic) bond motifs is 1. The molecule has 0 atom stereocenters. The summed E-state index contributed by atoms with van der Waals surface area (Å²) >= 11 is 6.05. The Morgan fingerprint density at radius 2 is 1.75 bits per heavy atom. The van der Waals surface area contributed by atoms with E-state index in [-0.39, 0.29) is 17.1 Å². The van der Waals surface area contributed by atoms with Gasteiger partial charge in [0.15, 0.2) is 0 Å². The molecule has 6 heteroatoms. The van der Waals surface area contributed by atoms with Gasteiger partial charge in [0, 0.05) is 22.5 Å². The standard InChI is InChI=1S/C18H16ClNO3S/c1-12-3-7-17(8-4-12)24(22,23)20-16(9-13(2)21)10-14-5-6-15(19)11-18(14)20/h3-8,10-11H,9H2,1-2H3. The smallest absolute Gasteiger partial charge is 0.268 e. The zero-order valence-electron chi connectivity index (χ0n) is 13.3. The normalized spacial score (nSPS) is 11.8. The Kier molecular flexibility index (Phi) is 4.24. The second kappa shape index (κ2) is 6.07. The highest BCUT2D eigenvalue weighted by Crippen LogP contribution is 2.28. The first-order chi connectivity index (χ1) is 11.3. The molecule has 0 amide bonds. The molecule has 0 saturated carbocycles. The van der Waals surface area contributed by atoms with E-state index in [0.29, 0.717) is 16.2 Å². The third-order valence-electron chi connectivity index (χ3n) is 3.78. The maximum Gasteiger partial charge on any atom is 0.268 e. The maximum atomic E-state index is 13.1. The molecule has 0 aliphatic carbocycles. The molecule has 4 nitrogen and oxygen atoms in total. The van der Waals surface area contributed by atoms with E-state index in [2.05, 4.69) is 0 Å². The van der Waals surface area contributed by atoms with Crippen molar-refractivity contribution in [1.29, 1.82) is 0 Å². The monoisotopic (exact) mass is 361 g/mol. The van der Waals surface area contributed by atoms with Crippen molar-refractivity contribution in [3.05, 3.63) is 64.8 Å². The van der Waals surface area contributed by atoms with Gasteiger partial charge in [-0.15, -0.1) is 0 Å². The quantitative estimate of drug-likeness (QED) is 0.706. The van der Waals surface area contributed by atoms with Crippen LogP contribution < -0.4 is 0 Å². The van der Waals surface area contributed by atoms with Crippen LogP contribution in [0, 0.1) is 6.92 Å². The van der Waals surface area contributed by atoms with Gasteiger partial charge in [-0.25, -0.2) is 12.4 Å². The number of benzene rings is 2. The second-order valence-electron chi connectivity index (χ2n) is 5.80. The lowest BCUT2D eigenvalue weighted by atomic mass is 10.2. The van der Waals surface area contributed by atoms with Crippen molar-refractivity contribution in [2.24, 2.45) is 0 Å². The first-order valence-electron chi connectivity index (χ1n) is 7.40. The first-order valence-corrected chi connectivity index (χ1v) is 9.22. The van der Waals surface area contributed by atoms with Crippen LogP contribution in [-0.4, -0.2) is 18.2 Å². The van der Waals surface area contributed by atoms with Gasteiger partial charge in [-0.1, -0.05) is 35.4 Å². The molecule has 1 aromatic heterocycles. The molecule has 24 heavy (non-hydrogen) atoms. The third kappa shape index (κ3) is 2.97. The summed E-state index contributed by atoms with van der Waals surface area (Å²) in [6.07, 6.45) is 0.0391. The van der Waals surface area contributed by atoms with Gasteiger partial charge in [-0.2, -0.15) is 0 Å². The molecule has 0 saturated heterocycles. The molecular formula is C18H16ClNO3S. The van der Waals surface area contributed by atoms with Crippen LogP contribution in [0.15, 0.2) is 53.4 Å². The molecule has 1 heterocycles. The van der Waals surface area contributed by atoms with Gasteiger partial charge < -0.3 is 0 Å². The van der Waals surface area contributed by atoms with Gasteiger partial charge in [0.25, 0.3) is 10.0 Å². The van der Waals surface area contributed by atoms with E-state index in [9.17, 15) is 13.2 Å². The van der Waals surface area contributed by atoms with Crippen LogP contribution in [0.1, 0.15) is 18.2 Å². The SMILES string of the molecule is CC(=O)Cc1cc2ccc(Cl)cc2n1S(=O)(=O)c1ccc(C)cc1. The zero-order chi connectivity index (χ0) is 17.5. The molecule has 0 unspecified atom stereocenters. The topological polar surface area (TPSA) is 56.1 Å². The Bertz CT molecular complexity index is 1030. The van der Waals surface area contributed by atoms with Crippen LogP contribution in [0.25, 0.3) is 10.9 Å². The Labute approximate surface area is 145 Å².